The van der Waals surface area contributed by atoms with E-state index in [1.807, 2.05) is 12.1 Å². The van der Waals surface area contributed by atoms with Crippen molar-refractivity contribution in [3.8, 4) is 11.1 Å². The van der Waals surface area contributed by atoms with Crippen LogP contribution in [-0.2, 0) is 0 Å². The van der Waals surface area contributed by atoms with Crippen LogP contribution in [0.1, 0.15) is 5.56 Å². The molecule has 0 aliphatic rings. The molecule has 0 fully saturated rings. The molecule has 0 amide bonds. The van der Waals surface area contributed by atoms with Gasteiger partial charge in [-0.1, -0.05) is 29.8 Å². The van der Waals surface area contributed by atoms with E-state index in [0.717, 1.165) is 11.1 Å². The average molecular weight is 173 g/mol. The summed E-state index contributed by atoms with van der Waals surface area (Å²) in [6.07, 6.45) is 3.56. The molecule has 1 aromatic heterocycles. The minimum atomic E-state index is 1.05. The fraction of sp³-hybridized carbons (Fsp3) is 0.100. The second kappa shape index (κ2) is 2.94. The van der Waals surface area contributed by atoms with Gasteiger partial charge in [-0.15, -0.1) is 0 Å². The molecule has 3 nitrogen and oxygen atoms in total. The third-order valence-corrected chi connectivity index (χ3v) is 1.95. The van der Waals surface area contributed by atoms with Gasteiger partial charge in [0.1, 0.15) is 0 Å². The highest BCUT2D eigenvalue weighted by molar-refractivity contribution is 5.62. The van der Waals surface area contributed by atoms with E-state index in [-0.39, 0.29) is 0 Å². The molecule has 0 bridgehead atoms. The lowest BCUT2D eigenvalue weighted by Gasteiger charge is -1.97. The second-order valence-corrected chi connectivity index (χ2v) is 3.08. The van der Waals surface area contributed by atoms with Crippen LogP contribution < -0.4 is 5.84 Å². The van der Waals surface area contributed by atoms with E-state index in [0.29, 0.717) is 0 Å². The maximum absolute atomic E-state index is 5.46. The van der Waals surface area contributed by atoms with Crippen LogP contribution in [0.25, 0.3) is 11.1 Å². The standard InChI is InChI=1S/C10H11N3/c1-8-3-2-4-9(5-8)10-6-12-13(11)7-10/h2-7H,11H2,1H3. The Hall–Kier alpha value is -1.77. The average Bonchev–Trinajstić information content (AvgIpc) is 2.52. The predicted molar refractivity (Wildman–Crippen MR) is 52.6 cm³/mol. The van der Waals surface area contributed by atoms with Crippen LogP contribution in [0.2, 0.25) is 0 Å². The topological polar surface area (TPSA) is 43.8 Å². The van der Waals surface area contributed by atoms with Gasteiger partial charge in [0.15, 0.2) is 0 Å². The number of benzene rings is 1. The van der Waals surface area contributed by atoms with Crippen LogP contribution in [0.3, 0.4) is 0 Å². The monoisotopic (exact) mass is 173 g/mol. The van der Waals surface area contributed by atoms with E-state index in [1.165, 1.54) is 10.4 Å². The van der Waals surface area contributed by atoms with Gasteiger partial charge < -0.3 is 5.84 Å². The third kappa shape index (κ3) is 1.54. The first-order valence-electron chi connectivity index (χ1n) is 4.12. The highest BCUT2D eigenvalue weighted by Gasteiger charge is 1.99. The SMILES string of the molecule is Cc1cccc(-c2cnn(N)c2)c1. The Morgan fingerprint density at radius 3 is 2.77 bits per heavy atom. The van der Waals surface area contributed by atoms with Crippen molar-refractivity contribution in [3.63, 3.8) is 0 Å². The van der Waals surface area contributed by atoms with E-state index in [2.05, 4.69) is 24.2 Å². The Morgan fingerprint density at radius 1 is 1.31 bits per heavy atom. The van der Waals surface area contributed by atoms with Gasteiger partial charge in [0, 0.05) is 5.56 Å². The Labute approximate surface area is 76.8 Å². The Morgan fingerprint density at radius 2 is 2.15 bits per heavy atom. The van der Waals surface area contributed by atoms with Crippen LogP contribution in [0, 0.1) is 6.92 Å². The molecule has 2 rings (SSSR count). The van der Waals surface area contributed by atoms with Crippen molar-refractivity contribution >= 4 is 0 Å². The summed E-state index contributed by atoms with van der Waals surface area (Å²) in [5.74, 6) is 5.46. The highest BCUT2D eigenvalue weighted by Crippen LogP contribution is 2.18. The van der Waals surface area contributed by atoms with E-state index in [4.69, 9.17) is 5.84 Å². The molecule has 0 spiro atoms. The van der Waals surface area contributed by atoms with Gasteiger partial charge in [-0.05, 0) is 12.5 Å². The molecule has 1 heterocycles. The van der Waals surface area contributed by atoms with Crippen molar-refractivity contribution in [1.29, 1.82) is 0 Å². The summed E-state index contributed by atoms with van der Waals surface area (Å²) in [5.41, 5.74) is 3.44. The number of nitrogen functional groups attached to an aromatic ring is 1. The van der Waals surface area contributed by atoms with Gasteiger partial charge in [0.2, 0.25) is 0 Å². The van der Waals surface area contributed by atoms with Crippen molar-refractivity contribution in [3.05, 3.63) is 42.2 Å². The van der Waals surface area contributed by atoms with Crippen LogP contribution in [0.15, 0.2) is 36.7 Å². The van der Waals surface area contributed by atoms with Gasteiger partial charge in [0.25, 0.3) is 0 Å². The normalized spacial score (nSPS) is 10.2. The van der Waals surface area contributed by atoms with Gasteiger partial charge in [-0.25, -0.2) is 0 Å². The zero-order chi connectivity index (χ0) is 9.26. The number of aromatic nitrogens is 2. The minimum Gasteiger partial charge on any atom is -0.323 e. The summed E-state index contributed by atoms with van der Waals surface area (Å²) in [6.45, 7) is 2.07. The van der Waals surface area contributed by atoms with Crippen molar-refractivity contribution < 1.29 is 0 Å². The van der Waals surface area contributed by atoms with Crippen LogP contribution in [0.5, 0.6) is 0 Å². The van der Waals surface area contributed by atoms with E-state index in [1.54, 1.807) is 12.4 Å². The molecule has 2 aromatic rings. The molecule has 66 valence electrons. The zero-order valence-corrected chi connectivity index (χ0v) is 7.44. The summed E-state index contributed by atoms with van der Waals surface area (Å²) in [7, 11) is 0. The molecule has 0 saturated heterocycles. The van der Waals surface area contributed by atoms with Gasteiger partial charge in [0.05, 0.1) is 12.4 Å². The molecule has 0 radical (unpaired) electrons. The van der Waals surface area contributed by atoms with Crippen LogP contribution in [-0.4, -0.2) is 9.89 Å². The van der Waals surface area contributed by atoms with E-state index in [9.17, 15) is 0 Å². The quantitative estimate of drug-likeness (QED) is 0.665. The maximum Gasteiger partial charge on any atom is 0.0589 e. The summed E-state index contributed by atoms with van der Waals surface area (Å²) in [5, 5.41) is 3.92. The van der Waals surface area contributed by atoms with Gasteiger partial charge in [-0.3, -0.25) is 0 Å². The first-order valence-corrected chi connectivity index (χ1v) is 4.12. The molecule has 3 heteroatoms. The van der Waals surface area contributed by atoms with E-state index >= 15 is 0 Å². The number of rotatable bonds is 1. The molecule has 2 N–H and O–H groups in total. The van der Waals surface area contributed by atoms with Crippen molar-refractivity contribution in [2.24, 2.45) is 0 Å². The molecule has 0 aliphatic heterocycles. The molecule has 0 aliphatic carbocycles. The lowest BCUT2D eigenvalue weighted by atomic mass is 10.1. The summed E-state index contributed by atoms with van der Waals surface area (Å²) < 4.78 is 0. The van der Waals surface area contributed by atoms with Crippen LogP contribution in [0.4, 0.5) is 0 Å². The molecular formula is C10H11N3. The summed E-state index contributed by atoms with van der Waals surface area (Å²) in [6, 6.07) is 8.25. The molecule has 13 heavy (non-hydrogen) atoms. The summed E-state index contributed by atoms with van der Waals surface area (Å²) in [4.78, 5) is 1.32. The fourth-order valence-electron chi connectivity index (χ4n) is 1.31. The highest BCUT2D eigenvalue weighted by atomic mass is 15.5. The summed E-state index contributed by atoms with van der Waals surface area (Å²) >= 11 is 0. The van der Waals surface area contributed by atoms with E-state index < -0.39 is 0 Å². The molecule has 0 atom stereocenters. The molecule has 1 aromatic carbocycles. The first-order chi connectivity index (χ1) is 6.25. The van der Waals surface area contributed by atoms with Crippen molar-refractivity contribution in [2.45, 2.75) is 6.92 Å². The number of hydrogen-bond acceptors (Lipinski definition) is 2. The van der Waals surface area contributed by atoms with Gasteiger partial charge in [-0.2, -0.15) is 9.89 Å². The number of hydrogen-bond donors (Lipinski definition) is 1. The maximum atomic E-state index is 5.46. The number of nitrogens with two attached hydrogens (primary N) is 1. The van der Waals surface area contributed by atoms with Gasteiger partial charge >= 0.3 is 0 Å². The predicted octanol–water partition coefficient (Wildman–Crippen LogP) is 1.57. The largest absolute Gasteiger partial charge is 0.323 e. The van der Waals surface area contributed by atoms with Crippen molar-refractivity contribution in [1.82, 2.24) is 9.89 Å². The number of nitrogens with zero attached hydrogens (tertiary/aromatic N) is 2. The van der Waals surface area contributed by atoms with Crippen LogP contribution >= 0.6 is 0 Å². The Kier molecular flexibility index (Phi) is 1.77. The zero-order valence-electron chi connectivity index (χ0n) is 7.44. The molecule has 0 saturated carbocycles. The smallest absolute Gasteiger partial charge is 0.0589 e. The molecular weight excluding hydrogens is 162 g/mol. The molecule has 0 unspecified atom stereocenters. The second-order valence-electron chi connectivity index (χ2n) is 3.08. The first kappa shape index (κ1) is 7.86. The number of aryl methyl sites for hydroxylation is 1. The third-order valence-electron chi connectivity index (χ3n) is 1.95. The fourth-order valence-corrected chi connectivity index (χ4v) is 1.31. The lowest BCUT2D eigenvalue weighted by Crippen LogP contribution is -2.06. The Balaban J connectivity index is 2.46. The lowest BCUT2D eigenvalue weighted by molar-refractivity contribution is 0.832. The minimum absolute atomic E-state index is 1.05. The van der Waals surface area contributed by atoms with Crippen molar-refractivity contribution in [2.75, 3.05) is 5.84 Å². The Bertz CT molecular complexity index is 418.